The number of pyridine rings is 1. The van der Waals surface area contributed by atoms with Gasteiger partial charge in [-0.25, -0.2) is 0 Å². The van der Waals surface area contributed by atoms with Crippen molar-refractivity contribution < 1.29 is 9.47 Å². The van der Waals surface area contributed by atoms with E-state index in [1.807, 2.05) is 18.2 Å². The van der Waals surface area contributed by atoms with Crippen molar-refractivity contribution in [3.8, 4) is 5.75 Å². The number of rotatable bonds is 3. The molecule has 3 nitrogen and oxygen atoms in total. The third-order valence-electron chi connectivity index (χ3n) is 2.07. The van der Waals surface area contributed by atoms with Gasteiger partial charge in [0.1, 0.15) is 5.52 Å². The largest absolute Gasteiger partial charge is 0.464 e. The summed E-state index contributed by atoms with van der Waals surface area (Å²) >= 11 is 8.31. The summed E-state index contributed by atoms with van der Waals surface area (Å²) in [5.74, 6) is 0.711. The molecule has 0 aliphatic heterocycles. The van der Waals surface area contributed by atoms with Crippen molar-refractivity contribution in [2.45, 2.75) is 0 Å². The van der Waals surface area contributed by atoms with Gasteiger partial charge in [0.05, 0.1) is 8.59 Å². The SMILES string of the molecule is COCOc1c(I)cc(Cl)c2cccnc12. The Balaban J connectivity index is 2.61. The normalized spacial score (nSPS) is 10.7. The molecule has 0 unspecified atom stereocenters. The fourth-order valence-electron chi connectivity index (χ4n) is 1.40. The molecular weight excluding hydrogens is 340 g/mol. The van der Waals surface area contributed by atoms with Gasteiger partial charge in [-0.3, -0.25) is 4.98 Å². The highest BCUT2D eigenvalue weighted by molar-refractivity contribution is 14.1. The van der Waals surface area contributed by atoms with Gasteiger partial charge < -0.3 is 9.47 Å². The first-order valence-electron chi connectivity index (χ1n) is 4.58. The molecule has 0 radical (unpaired) electrons. The van der Waals surface area contributed by atoms with Crippen LogP contribution in [0.2, 0.25) is 5.02 Å². The number of methoxy groups -OCH3 is 1. The summed E-state index contributed by atoms with van der Waals surface area (Å²) in [5.41, 5.74) is 0.761. The Bertz CT molecular complexity index is 519. The van der Waals surface area contributed by atoms with Gasteiger partial charge in [-0.2, -0.15) is 0 Å². The summed E-state index contributed by atoms with van der Waals surface area (Å²) in [6.07, 6.45) is 1.72. The summed E-state index contributed by atoms with van der Waals surface area (Å²) in [5, 5.41) is 1.56. The summed E-state index contributed by atoms with van der Waals surface area (Å²) in [7, 11) is 1.58. The van der Waals surface area contributed by atoms with Crippen molar-refractivity contribution in [1.82, 2.24) is 4.98 Å². The molecule has 0 N–H and O–H groups in total. The van der Waals surface area contributed by atoms with Crippen LogP contribution in [0.15, 0.2) is 24.4 Å². The lowest BCUT2D eigenvalue weighted by molar-refractivity contribution is 0.0515. The van der Waals surface area contributed by atoms with Crippen molar-refractivity contribution in [3.63, 3.8) is 0 Å². The van der Waals surface area contributed by atoms with Crippen LogP contribution in [-0.2, 0) is 4.74 Å². The van der Waals surface area contributed by atoms with Gasteiger partial charge in [0.2, 0.25) is 0 Å². The maximum atomic E-state index is 6.14. The van der Waals surface area contributed by atoms with E-state index in [0.717, 1.165) is 14.5 Å². The lowest BCUT2D eigenvalue weighted by Gasteiger charge is -2.10. The second kappa shape index (κ2) is 5.16. The molecule has 0 aliphatic carbocycles. The van der Waals surface area contributed by atoms with Gasteiger partial charge in [0.25, 0.3) is 0 Å². The first-order chi connectivity index (χ1) is 7.74. The van der Waals surface area contributed by atoms with E-state index >= 15 is 0 Å². The van der Waals surface area contributed by atoms with E-state index in [4.69, 9.17) is 21.1 Å². The van der Waals surface area contributed by atoms with Gasteiger partial charge in [0.15, 0.2) is 12.5 Å². The Hall–Kier alpha value is -0.590. The molecule has 1 heterocycles. The summed E-state index contributed by atoms with van der Waals surface area (Å²) in [4.78, 5) is 4.29. The molecule has 0 saturated carbocycles. The highest BCUT2D eigenvalue weighted by Crippen LogP contribution is 2.34. The first kappa shape index (κ1) is 11.9. The molecule has 1 aromatic heterocycles. The second-order valence-electron chi connectivity index (χ2n) is 3.12. The van der Waals surface area contributed by atoms with Crippen LogP contribution in [0, 0.1) is 3.57 Å². The molecule has 0 atom stereocenters. The molecule has 84 valence electrons. The van der Waals surface area contributed by atoms with Crippen molar-refractivity contribution in [2.24, 2.45) is 0 Å². The monoisotopic (exact) mass is 349 g/mol. The van der Waals surface area contributed by atoms with E-state index in [2.05, 4.69) is 27.6 Å². The van der Waals surface area contributed by atoms with E-state index in [9.17, 15) is 0 Å². The molecular formula is C11H9ClINO2. The fraction of sp³-hybridized carbons (Fsp3) is 0.182. The Morgan fingerprint density at radius 1 is 1.50 bits per heavy atom. The van der Waals surface area contributed by atoms with Crippen LogP contribution in [-0.4, -0.2) is 18.9 Å². The molecule has 2 rings (SSSR count). The third kappa shape index (κ3) is 2.23. The number of hydrogen-bond acceptors (Lipinski definition) is 3. The molecule has 2 aromatic rings. The highest BCUT2D eigenvalue weighted by atomic mass is 127. The number of aromatic nitrogens is 1. The number of fused-ring (bicyclic) bond motifs is 1. The number of hydrogen-bond donors (Lipinski definition) is 0. The summed E-state index contributed by atoms with van der Waals surface area (Å²) in [6.45, 7) is 0.198. The standard InChI is InChI=1S/C11H9ClINO2/c1-15-6-16-11-9(13)5-8(12)7-3-2-4-14-10(7)11/h2-5H,6H2,1H3. The van der Waals surface area contributed by atoms with Crippen LogP contribution < -0.4 is 4.74 Å². The van der Waals surface area contributed by atoms with Gasteiger partial charge >= 0.3 is 0 Å². The maximum absolute atomic E-state index is 6.14. The number of halogens is 2. The molecule has 16 heavy (non-hydrogen) atoms. The molecule has 0 saturated heterocycles. The summed E-state index contributed by atoms with van der Waals surface area (Å²) in [6, 6.07) is 5.62. The van der Waals surface area contributed by atoms with Crippen LogP contribution in [0.1, 0.15) is 0 Å². The minimum atomic E-state index is 0.198. The smallest absolute Gasteiger partial charge is 0.188 e. The van der Waals surface area contributed by atoms with Gasteiger partial charge in [-0.1, -0.05) is 11.6 Å². The van der Waals surface area contributed by atoms with E-state index in [0.29, 0.717) is 10.8 Å². The van der Waals surface area contributed by atoms with E-state index in [-0.39, 0.29) is 6.79 Å². The average Bonchev–Trinajstić information content (AvgIpc) is 2.29. The molecule has 0 amide bonds. The van der Waals surface area contributed by atoms with E-state index in [1.165, 1.54) is 0 Å². The molecule has 0 fully saturated rings. The first-order valence-corrected chi connectivity index (χ1v) is 6.04. The number of ether oxygens (including phenoxy) is 2. The lowest BCUT2D eigenvalue weighted by atomic mass is 10.2. The zero-order valence-electron chi connectivity index (χ0n) is 8.54. The Morgan fingerprint density at radius 3 is 3.06 bits per heavy atom. The minimum absolute atomic E-state index is 0.198. The lowest BCUT2D eigenvalue weighted by Crippen LogP contribution is -2.01. The van der Waals surface area contributed by atoms with Crippen molar-refractivity contribution >= 4 is 45.1 Å². The predicted molar refractivity (Wildman–Crippen MR) is 72.0 cm³/mol. The van der Waals surface area contributed by atoms with Crippen LogP contribution in [0.5, 0.6) is 5.75 Å². The Morgan fingerprint density at radius 2 is 2.31 bits per heavy atom. The van der Waals surface area contributed by atoms with Gasteiger partial charge in [-0.15, -0.1) is 0 Å². The number of benzene rings is 1. The van der Waals surface area contributed by atoms with E-state index < -0.39 is 0 Å². The fourth-order valence-corrected chi connectivity index (χ4v) is 2.57. The molecule has 1 aromatic carbocycles. The third-order valence-corrected chi connectivity index (χ3v) is 3.19. The molecule has 0 aliphatic rings. The molecule has 5 heteroatoms. The van der Waals surface area contributed by atoms with Crippen molar-refractivity contribution in [2.75, 3.05) is 13.9 Å². The Kier molecular flexibility index (Phi) is 3.83. The van der Waals surface area contributed by atoms with Gasteiger partial charge in [-0.05, 0) is 40.8 Å². The topological polar surface area (TPSA) is 31.4 Å². The quantitative estimate of drug-likeness (QED) is 0.628. The second-order valence-corrected chi connectivity index (χ2v) is 4.69. The molecule has 0 bridgehead atoms. The summed E-state index contributed by atoms with van der Waals surface area (Å²) < 4.78 is 11.3. The van der Waals surface area contributed by atoms with E-state index in [1.54, 1.807) is 13.3 Å². The van der Waals surface area contributed by atoms with Crippen LogP contribution in [0.4, 0.5) is 0 Å². The minimum Gasteiger partial charge on any atom is -0.464 e. The van der Waals surface area contributed by atoms with Crippen LogP contribution in [0.25, 0.3) is 10.9 Å². The maximum Gasteiger partial charge on any atom is 0.188 e. The highest BCUT2D eigenvalue weighted by Gasteiger charge is 2.11. The zero-order valence-corrected chi connectivity index (χ0v) is 11.4. The van der Waals surface area contributed by atoms with Crippen LogP contribution in [0.3, 0.4) is 0 Å². The van der Waals surface area contributed by atoms with Gasteiger partial charge in [0, 0.05) is 18.7 Å². The predicted octanol–water partition coefficient (Wildman–Crippen LogP) is 3.48. The number of nitrogens with zero attached hydrogens (tertiary/aromatic N) is 1. The average molecular weight is 350 g/mol. The molecule has 0 spiro atoms. The van der Waals surface area contributed by atoms with Crippen LogP contribution >= 0.6 is 34.2 Å². The van der Waals surface area contributed by atoms with Crippen molar-refractivity contribution in [1.29, 1.82) is 0 Å². The zero-order chi connectivity index (χ0) is 11.5. The Labute approximate surface area is 112 Å². The van der Waals surface area contributed by atoms with Crippen molar-refractivity contribution in [3.05, 3.63) is 33.0 Å².